The highest BCUT2D eigenvalue weighted by molar-refractivity contribution is 7.80. The number of carboxylic acid groups (broad SMARTS) is 3. The molecular formula is C15H34N8O7S. The van der Waals surface area contributed by atoms with Crippen LogP contribution in [-0.4, -0.2) is 82.2 Å². The molecule has 31 heavy (non-hydrogen) atoms. The molecule has 0 aromatic carbocycles. The van der Waals surface area contributed by atoms with E-state index in [1.165, 1.54) is 0 Å². The number of carbonyl (C=O) groups is 4. The second kappa shape index (κ2) is 20.5. The smallest absolute Gasteiger partial charge is 0.321 e. The van der Waals surface area contributed by atoms with E-state index in [1.54, 1.807) is 0 Å². The first-order valence-electron chi connectivity index (χ1n) is 8.93. The van der Waals surface area contributed by atoms with Crippen LogP contribution in [0.3, 0.4) is 0 Å². The molecule has 0 heterocycles. The van der Waals surface area contributed by atoms with Crippen molar-refractivity contribution in [2.75, 3.05) is 18.8 Å². The van der Waals surface area contributed by atoms with Gasteiger partial charge in [-0.15, -0.1) is 0 Å². The second-order valence-corrected chi connectivity index (χ2v) is 6.30. The van der Waals surface area contributed by atoms with Gasteiger partial charge < -0.3 is 54.6 Å². The van der Waals surface area contributed by atoms with Gasteiger partial charge in [0.25, 0.3) is 0 Å². The monoisotopic (exact) mass is 470 g/mol. The minimum atomic E-state index is -1.03. The Balaban J connectivity index is -0.000000394. The van der Waals surface area contributed by atoms with Crippen LogP contribution in [0.5, 0.6) is 0 Å². The summed E-state index contributed by atoms with van der Waals surface area (Å²) >= 11 is 3.65. The number of amides is 2. The summed E-state index contributed by atoms with van der Waals surface area (Å²) in [7, 11) is 0. The molecule has 0 aromatic heterocycles. The van der Waals surface area contributed by atoms with Crippen LogP contribution < -0.4 is 39.3 Å². The molecule has 0 bridgehead atoms. The Kier molecular flexibility index (Phi) is 21.7. The first-order chi connectivity index (χ1) is 14.3. The molecule has 182 valence electrons. The molecule has 16 N–H and O–H groups in total. The zero-order chi connectivity index (χ0) is 25.0. The van der Waals surface area contributed by atoms with Crippen molar-refractivity contribution in [3.05, 3.63) is 0 Å². The summed E-state index contributed by atoms with van der Waals surface area (Å²) in [5.41, 5.74) is 25.1. The van der Waals surface area contributed by atoms with Crippen LogP contribution >= 0.6 is 12.6 Å². The Hall–Kier alpha value is -2.82. The van der Waals surface area contributed by atoms with E-state index in [2.05, 4.69) is 23.3 Å². The molecular weight excluding hydrogens is 436 g/mol. The van der Waals surface area contributed by atoms with E-state index in [0.29, 0.717) is 38.8 Å². The maximum Gasteiger partial charge on any atom is 0.321 e. The molecule has 0 saturated carbocycles. The third kappa shape index (κ3) is 27.2. The predicted molar refractivity (Wildman–Crippen MR) is 117 cm³/mol. The van der Waals surface area contributed by atoms with Gasteiger partial charge in [-0.1, -0.05) is 0 Å². The number of guanidine groups is 1. The highest BCUT2D eigenvalue weighted by Gasteiger charge is 2.10. The highest BCUT2D eigenvalue weighted by atomic mass is 32.1. The Morgan fingerprint density at radius 3 is 1.35 bits per heavy atom. The quantitative estimate of drug-likeness (QED) is 0.0581. The fraction of sp³-hybridized carbons (Fsp3) is 0.667. The SMILES string of the molecule is N=C(N)NCCCC(N)C(=O)O.NC(=O)NCCCC(N)C(=O)O.NC(CS)C(=O)O. The van der Waals surface area contributed by atoms with Crippen LogP contribution in [0.1, 0.15) is 25.7 Å². The van der Waals surface area contributed by atoms with Crippen LogP contribution in [0, 0.1) is 5.41 Å². The molecule has 0 rings (SSSR count). The summed E-state index contributed by atoms with van der Waals surface area (Å²) in [6.45, 7) is 0.840. The molecule has 15 nitrogen and oxygen atoms in total. The van der Waals surface area contributed by atoms with Gasteiger partial charge in [-0.05, 0) is 25.7 Å². The van der Waals surface area contributed by atoms with Gasteiger partial charge in [-0.3, -0.25) is 19.8 Å². The van der Waals surface area contributed by atoms with Crippen molar-refractivity contribution in [1.82, 2.24) is 10.6 Å². The van der Waals surface area contributed by atoms with Gasteiger partial charge in [0.1, 0.15) is 18.1 Å². The molecule has 0 saturated heterocycles. The van der Waals surface area contributed by atoms with Crippen molar-refractivity contribution in [3.8, 4) is 0 Å². The maximum absolute atomic E-state index is 10.2. The third-order valence-corrected chi connectivity index (χ3v) is 3.54. The normalized spacial score (nSPS) is 12.4. The van der Waals surface area contributed by atoms with Crippen LogP contribution in [0.4, 0.5) is 4.79 Å². The van der Waals surface area contributed by atoms with Crippen molar-refractivity contribution in [3.63, 3.8) is 0 Å². The molecule has 0 aliphatic carbocycles. The number of carbonyl (C=O) groups excluding carboxylic acids is 1. The fourth-order valence-electron chi connectivity index (χ4n) is 1.40. The second-order valence-electron chi connectivity index (χ2n) is 5.93. The van der Waals surface area contributed by atoms with Crippen molar-refractivity contribution >= 4 is 42.5 Å². The molecule has 0 aromatic rings. The lowest BCUT2D eigenvalue weighted by molar-refractivity contribution is -0.139. The number of aliphatic carboxylic acids is 3. The molecule has 16 heteroatoms. The fourth-order valence-corrected chi connectivity index (χ4v) is 1.56. The topological polar surface area (TPSA) is 307 Å². The van der Waals surface area contributed by atoms with Gasteiger partial charge in [-0.2, -0.15) is 12.6 Å². The summed E-state index contributed by atoms with van der Waals surface area (Å²) in [4.78, 5) is 40.3. The van der Waals surface area contributed by atoms with Crippen LogP contribution in [-0.2, 0) is 14.4 Å². The molecule has 0 aliphatic heterocycles. The number of hydrogen-bond donors (Lipinski definition) is 12. The van der Waals surface area contributed by atoms with Gasteiger partial charge in [-0.25, -0.2) is 4.79 Å². The zero-order valence-electron chi connectivity index (χ0n) is 17.0. The van der Waals surface area contributed by atoms with Crippen LogP contribution in [0.25, 0.3) is 0 Å². The average molecular weight is 471 g/mol. The van der Waals surface area contributed by atoms with Gasteiger partial charge in [0.2, 0.25) is 0 Å². The van der Waals surface area contributed by atoms with Gasteiger partial charge in [0.15, 0.2) is 5.96 Å². The summed E-state index contributed by atoms with van der Waals surface area (Å²) in [5.74, 6) is -2.96. The van der Waals surface area contributed by atoms with Gasteiger partial charge >= 0.3 is 23.9 Å². The maximum atomic E-state index is 10.2. The standard InChI is InChI=1S/C6H14N4O2.C6H13N3O3.C3H7NO2S/c7-4(5(11)12)2-1-3-10-6(8)9;7-4(5(10)11)2-1-3-9-6(8)12;4-2(1-7)3(5)6/h4H,1-3,7H2,(H,11,12)(H4,8,9,10);4H,1-3,7H2,(H,10,11)(H3,8,9,12);2,7H,1,4H2,(H,5,6). The molecule has 0 aliphatic rings. The number of hydrogen-bond acceptors (Lipinski definition) is 9. The van der Waals surface area contributed by atoms with Crippen LogP contribution in [0.15, 0.2) is 0 Å². The zero-order valence-corrected chi connectivity index (χ0v) is 17.9. The average Bonchev–Trinajstić information content (AvgIpc) is 2.67. The Labute approximate surface area is 185 Å². The summed E-state index contributed by atoms with van der Waals surface area (Å²) in [6.07, 6.45) is 1.81. The number of rotatable bonds is 12. The number of nitrogens with one attached hydrogen (secondary N) is 3. The van der Waals surface area contributed by atoms with E-state index in [-0.39, 0.29) is 11.7 Å². The van der Waals surface area contributed by atoms with E-state index in [9.17, 15) is 19.2 Å². The van der Waals surface area contributed by atoms with Gasteiger partial charge in [0.05, 0.1) is 0 Å². The summed E-state index contributed by atoms with van der Waals surface area (Å²) < 4.78 is 0. The third-order valence-electron chi connectivity index (χ3n) is 3.15. The minimum Gasteiger partial charge on any atom is -0.480 e. The lowest BCUT2D eigenvalue weighted by Gasteiger charge is -2.06. The Bertz CT molecular complexity index is 529. The van der Waals surface area contributed by atoms with Crippen molar-refractivity contribution in [1.29, 1.82) is 5.41 Å². The number of thiol groups is 1. The molecule has 2 amide bonds. The van der Waals surface area contributed by atoms with Crippen LogP contribution in [0.2, 0.25) is 0 Å². The first-order valence-corrected chi connectivity index (χ1v) is 9.56. The predicted octanol–water partition coefficient (Wildman–Crippen LogP) is -3.16. The molecule has 3 atom stereocenters. The Morgan fingerprint density at radius 1 is 0.774 bits per heavy atom. The number of urea groups is 1. The first kappa shape index (κ1) is 32.8. The van der Waals surface area contributed by atoms with Crippen molar-refractivity contribution in [2.24, 2.45) is 28.7 Å². The van der Waals surface area contributed by atoms with Gasteiger partial charge in [0, 0.05) is 18.8 Å². The molecule has 0 radical (unpaired) electrons. The molecule has 0 fully saturated rings. The minimum absolute atomic E-state index is 0.112. The van der Waals surface area contributed by atoms with Crippen molar-refractivity contribution in [2.45, 2.75) is 43.8 Å². The molecule has 0 spiro atoms. The Morgan fingerprint density at radius 2 is 1.13 bits per heavy atom. The van der Waals surface area contributed by atoms with E-state index < -0.39 is 42.1 Å². The molecule has 3 unspecified atom stereocenters. The van der Waals surface area contributed by atoms with E-state index >= 15 is 0 Å². The largest absolute Gasteiger partial charge is 0.480 e. The van der Waals surface area contributed by atoms with E-state index in [1.807, 2.05) is 0 Å². The number of nitrogens with two attached hydrogens (primary N) is 5. The van der Waals surface area contributed by atoms with E-state index in [0.717, 1.165) is 0 Å². The summed E-state index contributed by atoms with van der Waals surface area (Å²) in [5, 5.41) is 36.4. The number of carboxylic acids is 3. The lowest BCUT2D eigenvalue weighted by Crippen LogP contribution is -2.34. The lowest BCUT2D eigenvalue weighted by atomic mass is 10.2. The van der Waals surface area contributed by atoms with E-state index in [4.69, 9.17) is 49.4 Å². The highest BCUT2D eigenvalue weighted by Crippen LogP contribution is 1.93. The summed E-state index contributed by atoms with van der Waals surface area (Å²) in [6, 6.07) is -3.11. The van der Waals surface area contributed by atoms with Crippen molar-refractivity contribution < 1.29 is 34.5 Å². The number of primary amides is 1.